The number of nitrogen functional groups attached to an aromatic ring is 1. The minimum absolute atomic E-state index is 0.386. The summed E-state index contributed by atoms with van der Waals surface area (Å²) in [4.78, 5) is 0. The second-order valence-electron chi connectivity index (χ2n) is 5.02. The molecule has 0 radical (unpaired) electrons. The van der Waals surface area contributed by atoms with Crippen LogP contribution in [-0.2, 0) is 0 Å². The summed E-state index contributed by atoms with van der Waals surface area (Å²) in [6.07, 6.45) is 5.31. The van der Waals surface area contributed by atoms with E-state index in [0.717, 1.165) is 17.4 Å². The fourth-order valence-corrected chi connectivity index (χ4v) is 2.27. The van der Waals surface area contributed by atoms with Gasteiger partial charge in [0.2, 0.25) is 0 Å². The molecule has 16 heavy (non-hydrogen) atoms. The molecule has 0 amide bonds. The molecule has 1 aliphatic carbocycles. The van der Waals surface area contributed by atoms with E-state index < -0.39 is 0 Å². The Morgan fingerprint density at radius 3 is 2.56 bits per heavy atom. The van der Waals surface area contributed by atoms with Gasteiger partial charge < -0.3 is 10.5 Å². The number of hydrogen-bond donors (Lipinski definition) is 1. The highest BCUT2D eigenvalue weighted by Gasteiger charge is 2.19. The van der Waals surface area contributed by atoms with Gasteiger partial charge >= 0.3 is 0 Å². The maximum absolute atomic E-state index is 6.04. The Morgan fingerprint density at radius 2 is 1.88 bits per heavy atom. The fraction of sp³-hybridized carbons (Fsp3) is 0.571. The van der Waals surface area contributed by atoms with Crippen molar-refractivity contribution in [3.8, 4) is 5.75 Å². The molecule has 1 aromatic carbocycles. The summed E-state index contributed by atoms with van der Waals surface area (Å²) in [6.45, 7) is 4.39. The number of aryl methyl sites for hydroxylation is 1. The Kier molecular flexibility index (Phi) is 3.37. The first-order valence-corrected chi connectivity index (χ1v) is 6.18. The van der Waals surface area contributed by atoms with Gasteiger partial charge in [-0.3, -0.25) is 0 Å². The Bertz CT molecular complexity index is 354. The summed E-state index contributed by atoms with van der Waals surface area (Å²) < 4.78 is 6.04. The van der Waals surface area contributed by atoms with Gasteiger partial charge in [-0.2, -0.15) is 0 Å². The lowest BCUT2D eigenvalue weighted by atomic mass is 9.89. The quantitative estimate of drug-likeness (QED) is 0.772. The van der Waals surface area contributed by atoms with Crippen molar-refractivity contribution in [3.05, 3.63) is 23.8 Å². The van der Waals surface area contributed by atoms with E-state index in [-0.39, 0.29) is 0 Å². The van der Waals surface area contributed by atoms with Crippen molar-refractivity contribution in [3.63, 3.8) is 0 Å². The average Bonchev–Trinajstić information content (AvgIpc) is 2.27. The van der Waals surface area contributed by atoms with Crippen molar-refractivity contribution in [2.45, 2.75) is 45.6 Å². The van der Waals surface area contributed by atoms with E-state index >= 15 is 0 Å². The van der Waals surface area contributed by atoms with Crippen LogP contribution in [0.25, 0.3) is 0 Å². The zero-order valence-electron chi connectivity index (χ0n) is 10.2. The number of ether oxygens (including phenoxy) is 1. The van der Waals surface area contributed by atoms with Gasteiger partial charge in [-0.25, -0.2) is 0 Å². The van der Waals surface area contributed by atoms with Crippen molar-refractivity contribution in [1.29, 1.82) is 0 Å². The highest BCUT2D eigenvalue weighted by atomic mass is 16.5. The molecule has 0 heterocycles. The molecule has 0 atom stereocenters. The average molecular weight is 219 g/mol. The van der Waals surface area contributed by atoms with Crippen LogP contribution in [0.15, 0.2) is 18.2 Å². The predicted octanol–water partition coefficient (Wildman–Crippen LogP) is 3.53. The first kappa shape index (κ1) is 11.3. The summed E-state index contributed by atoms with van der Waals surface area (Å²) in [5, 5.41) is 0. The van der Waals surface area contributed by atoms with Gasteiger partial charge in [0.25, 0.3) is 0 Å². The van der Waals surface area contributed by atoms with Gasteiger partial charge in [-0.15, -0.1) is 0 Å². The van der Waals surface area contributed by atoms with Crippen LogP contribution in [0.1, 0.15) is 38.2 Å². The largest absolute Gasteiger partial charge is 0.490 e. The number of rotatable bonds is 2. The van der Waals surface area contributed by atoms with Crippen LogP contribution in [0.4, 0.5) is 5.69 Å². The molecule has 0 unspecified atom stereocenters. The van der Waals surface area contributed by atoms with Crippen molar-refractivity contribution in [2.75, 3.05) is 5.73 Å². The maximum atomic E-state index is 6.04. The van der Waals surface area contributed by atoms with Gasteiger partial charge in [-0.1, -0.05) is 13.0 Å². The molecule has 0 saturated heterocycles. The second-order valence-corrected chi connectivity index (χ2v) is 5.02. The van der Waals surface area contributed by atoms with Crippen LogP contribution in [0.5, 0.6) is 5.75 Å². The molecule has 88 valence electrons. The molecule has 0 aromatic heterocycles. The minimum atomic E-state index is 0.386. The van der Waals surface area contributed by atoms with Gasteiger partial charge in [-0.05, 0) is 50.2 Å². The summed E-state index contributed by atoms with van der Waals surface area (Å²) in [7, 11) is 0. The second kappa shape index (κ2) is 4.77. The Labute approximate surface area is 97.8 Å². The number of anilines is 1. The van der Waals surface area contributed by atoms with E-state index in [1.54, 1.807) is 0 Å². The van der Waals surface area contributed by atoms with E-state index in [1.807, 2.05) is 18.2 Å². The van der Waals surface area contributed by atoms with E-state index in [1.165, 1.54) is 31.2 Å². The van der Waals surface area contributed by atoms with E-state index in [2.05, 4.69) is 13.8 Å². The molecule has 1 fully saturated rings. The normalized spacial score (nSPS) is 25.4. The van der Waals surface area contributed by atoms with Gasteiger partial charge in [0.1, 0.15) is 5.75 Å². The highest BCUT2D eigenvalue weighted by Crippen LogP contribution is 2.29. The maximum Gasteiger partial charge on any atom is 0.124 e. The molecular formula is C14H21NO. The van der Waals surface area contributed by atoms with Crippen LogP contribution in [0.2, 0.25) is 0 Å². The summed E-state index contributed by atoms with van der Waals surface area (Å²) in [6, 6.07) is 5.88. The van der Waals surface area contributed by atoms with Crippen LogP contribution in [0, 0.1) is 12.8 Å². The lowest BCUT2D eigenvalue weighted by molar-refractivity contribution is 0.135. The molecule has 2 rings (SSSR count). The third kappa shape index (κ3) is 2.69. The van der Waals surface area contributed by atoms with E-state index in [9.17, 15) is 0 Å². The molecule has 2 N–H and O–H groups in total. The highest BCUT2D eigenvalue weighted by molar-refractivity contribution is 5.48. The lowest BCUT2D eigenvalue weighted by Crippen LogP contribution is -2.23. The van der Waals surface area contributed by atoms with Crippen molar-refractivity contribution in [2.24, 2.45) is 5.92 Å². The molecule has 2 nitrogen and oxygen atoms in total. The smallest absolute Gasteiger partial charge is 0.124 e. The summed E-state index contributed by atoms with van der Waals surface area (Å²) in [5.41, 5.74) is 7.73. The predicted molar refractivity (Wildman–Crippen MR) is 67.6 cm³/mol. The standard InChI is InChI=1S/C14H21NO/c1-10-3-7-13(8-4-10)16-14-9-12(15)6-5-11(14)2/h5-6,9-10,13H,3-4,7-8,15H2,1-2H3. The Hall–Kier alpha value is -1.18. The Balaban J connectivity index is 2.00. The Morgan fingerprint density at radius 1 is 1.19 bits per heavy atom. The van der Waals surface area contributed by atoms with E-state index in [4.69, 9.17) is 10.5 Å². The number of benzene rings is 1. The van der Waals surface area contributed by atoms with Gasteiger partial charge in [0.05, 0.1) is 6.10 Å². The monoisotopic (exact) mass is 219 g/mol. The number of nitrogens with two attached hydrogens (primary N) is 1. The molecule has 0 spiro atoms. The molecule has 0 aliphatic heterocycles. The van der Waals surface area contributed by atoms with Gasteiger partial charge in [0.15, 0.2) is 0 Å². The first-order valence-electron chi connectivity index (χ1n) is 6.18. The minimum Gasteiger partial charge on any atom is -0.490 e. The first-order chi connectivity index (χ1) is 7.65. The van der Waals surface area contributed by atoms with Gasteiger partial charge in [0, 0.05) is 11.8 Å². The third-order valence-electron chi connectivity index (χ3n) is 3.47. The molecule has 0 bridgehead atoms. The van der Waals surface area contributed by atoms with Crippen LogP contribution < -0.4 is 10.5 Å². The molecule has 2 heteroatoms. The molecule has 1 aliphatic rings. The third-order valence-corrected chi connectivity index (χ3v) is 3.47. The van der Waals surface area contributed by atoms with E-state index in [0.29, 0.717) is 6.10 Å². The zero-order chi connectivity index (χ0) is 11.5. The number of hydrogen-bond acceptors (Lipinski definition) is 2. The van der Waals surface area contributed by atoms with Crippen molar-refractivity contribution in [1.82, 2.24) is 0 Å². The molecule has 1 aromatic rings. The van der Waals surface area contributed by atoms with Crippen LogP contribution >= 0.6 is 0 Å². The van der Waals surface area contributed by atoms with Crippen molar-refractivity contribution >= 4 is 5.69 Å². The lowest BCUT2D eigenvalue weighted by Gasteiger charge is -2.27. The van der Waals surface area contributed by atoms with Crippen LogP contribution in [-0.4, -0.2) is 6.10 Å². The summed E-state index contributed by atoms with van der Waals surface area (Å²) in [5.74, 6) is 1.82. The van der Waals surface area contributed by atoms with Crippen molar-refractivity contribution < 1.29 is 4.74 Å². The topological polar surface area (TPSA) is 35.2 Å². The van der Waals surface area contributed by atoms with Crippen LogP contribution in [0.3, 0.4) is 0 Å². The fourth-order valence-electron chi connectivity index (χ4n) is 2.27. The summed E-state index contributed by atoms with van der Waals surface area (Å²) >= 11 is 0. The zero-order valence-corrected chi connectivity index (χ0v) is 10.2. The molecule has 1 saturated carbocycles. The SMILES string of the molecule is Cc1ccc(N)cc1OC1CCC(C)CC1. The molecular weight excluding hydrogens is 198 g/mol.